The normalized spacial score (nSPS) is 10.6. The molecule has 0 aliphatic rings. The molecule has 4 aromatic heterocycles. The van der Waals surface area contributed by atoms with Gasteiger partial charge in [0.25, 0.3) is 0 Å². The van der Waals surface area contributed by atoms with Crippen molar-refractivity contribution < 1.29 is 2.85 Å². The van der Waals surface area contributed by atoms with Gasteiger partial charge in [0.1, 0.15) is 0 Å². The molecule has 0 saturated carbocycles. The second-order valence-electron chi connectivity index (χ2n) is 33.1. The number of hydrogen-bond acceptors (Lipinski definition) is 6. The fraction of sp³-hybridized carbons (Fsp3) is 0.0159. The lowest BCUT2D eigenvalue weighted by Crippen LogP contribution is -2.10. The second kappa shape index (κ2) is 43.9. The molecular formula is C126H95BBr2IN12. The van der Waals surface area contributed by atoms with Crippen molar-refractivity contribution in [2.24, 2.45) is 0 Å². The maximum absolute atomic E-state index is 9.67. The number of nitrogen functional groups attached to an aromatic ring is 1. The standard InChI is InChI=1S/C62H40N6.C25H17N3.C18H12IN.C12H8Br2.C7H6N2.2CH4.B.2H2/c1-64-46-26-34-52(35-27-46)66(54-37-39-62-58(41-54)56-17-9-11-19-60(56)68(62)48-14-6-3-7-15-48)51-32-24-45(25-33-51)44-22-30-50(31-23-44)65(49-28-20-43(42-63)21-29-49)53-36-38-61-57(40-53)55-16-8-10-18-59(55)67(61)47-12-4-2-5-13-47;1-26-18-11-13-19(14-12-18)27-20-15-16-25-23(17-20)22-9-5-6-10-24(22)28(25)21-7-3-2-4-8-21;19-13-10-11-18-16(12-13)15-8-4-5-9-17(15)20(18)14-6-2-1-3-7-14;13-11-5-1-9(2-6-11)10-3-7-12(14)8-4-10;8-5-6-1-3-7(9)4-2-6;;;;;/h2-41H;2-17,27H;1-12H;1-8H;1-4H,9H2;2*1H4;;2*1H/i;;;;;;;;2*1+1. The fourth-order valence-corrected chi connectivity index (χ4v) is 19.1. The zero-order valence-electron chi connectivity index (χ0n) is 75.4. The van der Waals surface area contributed by atoms with Gasteiger partial charge in [-0.1, -0.05) is 265 Å². The topological polar surface area (TPSA) is 121 Å². The Morgan fingerprint density at radius 3 is 0.866 bits per heavy atom. The van der Waals surface area contributed by atoms with Gasteiger partial charge in [-0.15, -0.1) is 0 Å². The third kappa shape index (κ3) is 20.3. The third-order valence-corrected chi connectivity index (χ3v) is 26.3. The molecule has 0 spiro atoms. The first-order valence-corrected chi connectivity index (χ1v) is 47.9. The quantitative estimate of drug-likeness (QED) is 0.0484. The molecule has 0 atom stereocenters. The van der Waals surface area contributed by atoms with Gasteiger partial charge in [0, 0.05) is 141 Å². The molecule has 0 saturated heterocycles. The summed E-state index contributed by atoms with van der Waals surface area (Å²) in [5, 5.41) is 31.2. The van der Waals surface area contributed by atoms with E-state index in [0.717, 1.165) is 115 Å². The minimum atomic E-state index is 0. The molecule has 16 heteroatoms. The summed E-state index contributed by atoms with van der Waals surface area (Å²) >= 11 is 9.22. The van der Waals surface area contributed by atoms with E-state index in [2.05, 4.69) is 480 Å². The van der Waals surface area contributed by atoms with E-state index in [1.54, 1.807) is 24.3 Å². The second-order valence-corrected chi connectivity index (χ2v) is 36.2. The first-order valence-electron chi connectivity index (χ1n) is 45.2. The number of halogens is 3. The summed E-state index contributed by atoms with van der Waals surface area (Å²) in [6.45, 7) is 14.7. The number of nitrogens with one attached hydrogen (secondary N) is 1. The van der Waals surface area contributed by atoms with Crippen molar-refractivity contribution in [3.05, 3.63) is 532 Å². The minimum absolute atomic E-state index is 0. The summed E-state index contributed by atoms with van der Waals surface area (Å²) in [7, 11) is 0. The first-order chi connectivity index (χ1) is 68.4. The molecular weight excluding hydrogens is 1980 g/mol. The molecule has 142 heavy (non-hydrogen) atoms. The van der Waals surface area contributed by atoms with Gasteiger partial charge in [-0.2, -0.15) is 10.5 Å². The van der Waals surface area contributed by atoms with Crippen LogP contribution in [0.4, 0.5) is 62.6 Å². The Morgan fingerprint density at radius 2 is 0.528 bits per heavy atom. The lowest BCUT2D eigenvalue weighted by atomic mass is 10.0. The molecule has 4 heterocycles. The molecule has 24 rings (SSSR count). The fourth-order valence-electron chi connectivity index (χ4n) is 18.1. The van der Waals surface area contributed by atoms with Crippen LogP contribution in [-0.4, -0.2) is 26.7 Å². The predicted molar refractivity (Wildman–Crippen MR) is 617 cm³/mol. The average Bonchev–Trinajstić information content (AvgIpc) is 1.60. The molecule has 0 bridgehead atoms. The summed E-state index contributed by atoms with van der Waals surface area (Å²) in [6, 6.07) is 171. The predicted octanol–water partition coefficient (Wildman–Crippen LogP) is 36.8. The first kappa shape index (κ1) is 96.2. The Hall–Kier alpha value is -17.5. The van der Waals surface area contributed by atoms with Crippen LogP contribution in [-0.2, 0) is 0 Å². The van der Waals surface area contributed by atoms with Crippen LogP contribution in [0.15, 0.2) is 494 Å². The van der Waals surface area contributed by atoms with Crippen LogP contribution in [0, 0.1) is 39.4 Å². The Morgan fingerprint density at radius 1 is 0.275 bits per heavy atom. The van der Waals surface area contributed by atoms with Gasteiger partial charge in [-0.05, 0) is 312 Å². The number of anilines is 9. The summed E-state index contributed by atoms with van der Waals surface area (Å²) < 4.78 is 12.8. The van der Waals surface area contributed by atoms with Gasteiger partial charge < -0.3 is 39.1 Å². The molecule has 0 aliphatic heterocycles. The molecule has 0 amide bonds. The number of nitriles is 2. The van der Waals surface area contributed by atoms with Crippen LogP contribution in [0.5, 0.6) is 0 Å². The van der Waals surface area contributed by atoms with Crippen molar-refractivity contribution in [2.45, 2.75) is 14.9 Å². The Balaban J connectivity index is 0.000000166. The molecule has 24 aromatic rings. The molecule has 0 fully saturated rings. The zero-order chi connectivity index (χ0) is 94.7. The number of benzene rings is 20. The Bertz CT molecular complexity index is 8470. The number of hydrogen-bond donors (Lipinski definition) is 2. The average molecular weight is 2080 g/mol. The molecule has 20 aromatic carbocycles. The summed E-state index contributed by atoms with van der Waals surface area (Å²) in [6.07, 6.45) is 0. The number of rotatable bonds is 14. The molecule has 683 valence electrons. The van der Waals surface area contributed by atoms with Gasteiger partial charge >= 0.3 is 0 Å². The van der Waals surface area contributed by atoms with Crippen LogP contribution in [0.2, 0.25) is 0 Å². The van der Waals surface area contributed by atoms with Crippen molar-refractivity contribution in [1.29, 1.82) is 10.5 Å². The van der Waals surface area contributed by atoms with Crippen molar-refractivity contribution in [3.63, 3.8) is 0 Å². The van der Waals surface area contributed by atoms with Gasteiger partial charge in [0.05, 0.1) is 80.5 Å². The van der Waals surface area contributed by atoms with E-state index in [9.17, 15) is 5.26 Å². The lowest BCUT2D eigenvalue weighted by Gasteiger charge is -2.26. The van der Waals surface area contributed by atoms with Crippen molar-refractivity contribution in [1.82, 2.24) is 18.3 Å². The van der Waals surface area contributed by atoms with E-state index >= 15 is 0 Å². The monoisotopic (exact) mass is 2070 g/mol. The van der Waals surface area contributed by atoms with Crippen LogP contribution in [0.25, 0.3) is 142 Å². The van der Waals surface area contributed by atoms with Crippen LogP contribution in [0.1, 0.15) is 28.8 Å². The number of nitrogens with two attached hydrogens (primary N) is 1. The maximum atomic E-state index is 9.67. The molecule has 3 N–H and O–H groups in total. The molecule has 0 aliphatic carbocycles. The van der Waals surface area contributed by atoms with E-state index < -0.39 is 0 Å². The van der Waals surface area contributed by atoms with E-state index in [1.165, 1.54) is 74.8 Å². The summed E-state index contributed by atoms with van der Waals surface area (Å²) in [5.74, 6) is 0. The molecule has 12 nitrogen and oxygen atoms in total. The lowest BCUT2D eigenvalue weighted by molar-refractivity contribution is 1.18. The summed E-state index contributed by atoms with van der Waals surface area (Å²) in [5.41, 5.74) is 35.3. The SMILES string of the molecule is Brc1ccc(-c2ccc(Br)cc2)cc1.C.C.Ic1ccc2c(c1)c1ccccc1n2-c1ccccc1.N#Cc1ccc(N)cc1.[2HH].[2HH].[B].[C-]#[N+]c1ccc(N(c2ccc(-c3ccc(N(c4ccc(C#N)cc4)c4ccc5c(c4)c4ccccc4n5-c4ccccc4)cc3)cc2)c2ccc3c(c2)c2ccccc2n3-c2ccccc2)cc1.[C-]#[N+]c1ccc(Nc2ccc3c(c2)c2ccccc2n3-c2ccccc2)cc1. The summed E-state index contributed by atoms with van der Waals surface area (Å²) in [4.78, 5) is 11.6. The van der Waals surface area contributed by atoms with Gasteiger partial charge in [0.15, 0.2) is 11.4 Å². The van der Waals surface area contributed by atoms with Gasteiger partial charge in [0.2, 0.25) is 0 Å². The number of para-hydroxylation sites is 8. The smallest absolute Gasteiger partial charge is 0.187 e. The van der Waals surface area contributed by atoms with E-state index in [1.807, 2.05) is 91.0 Å². The number of aromatic nitrogens is 4. The van der Waals surface area contributed by atoms with Crippen molar-refractivity contribution in [2.75, 3.05) is 20.9 Å². The van der Waals surface area contributed by atoms with E-state index in [0.29, 0.717) is 28.2 Å². The van der Waals surface area contributed by atoms with Crippen LogP contribution >= 0.6 is 54.5 Å². The Kier molecular flexibility index (Phi) is 29.7. The Labute approximate surface area is 861 Å². The number of nitrogens with zero attached hydrogens (tertiary/aromatic N) is 10. The highest BCUT2D eigenvalue weighted by Crippen LogP contribution is 2.45. The van der Waals surface area contributed by atoms with E-state index in [-0.39, 0.29) is 26.1 Å². The highest BCUT2D eigenvalue weighted by atomic mass is 127. The highest BCUT2D eigenvalue weighted by molar-refractivity contribution is 14.1. The van der Waals surface area contributed by atoms with E-state index in [4.69, 9.17) is 24.1 Å². The molecule has 0 unspecified atom stereocenters. The van der Waals surface area contributed by atoms with Crippen LogP contribution in [0.3, 0.4) is 0 Å². The van der Waals surface area contributed by atoms with Gasteiger partial charge in [-0.25, -0.2) is 9.69 Å². The molecule has 3 radical (unpaired) electrons. The largest absolute Gasteiger partial charge is 0.399 e. The number of fused-ring (bicyclic) bond motifs is 12. The third-order valence-electron chi connectivity index (χ3n) is 24.6. The zero-order valence-corrected chi connectivity index (χ0v) is 80.8. The maximum Gasteiger partial charge on any atom is 0.187 e. The van der Waals surface area contributed by atoms with Gasteiger partial charge in [-0.3, -0.25) is 0 Å². The van der Waals surface area contributed by atoms with Crippen molar-refractivity contribution >= 4 is 213 Å². The highest BCUT2D eigenvalue weighted by Gasteiger charge is 2.23. The van der Waals surface area contributed by atoms with Crippen LogP contribution < -0.4 is 20.9 Å². The van der Waals surface area contributed by atoms with Crippen molar-refractivity contribution in [3.8, 4) is 57.1 Å². The minimum Gasteiger partial charge on any atom is -0.399 e.